The molecule has 3 aromatic rings. The smallest absolute Gasteiger partial charge is 0.387 e. The van der Waals surface area contributed by atoms with Crippen molar-refractivity contribution in [3.8, 4) is 0 Å². The molecule has 2 unspecified atom stereocenters. The van der Waals surface area contributed by atoms with Crippen molar-refractivity contribution in [3.05, 3.63) is 77.4 Å². The predicted octanol–water partition coefficient (Wildman–Crippen LogP) is 3.34. The summed E-state index contributed by atoms with van der Waals surface area (Å²) >= 11 is 0. The van der Waals surface area contributed by atoms with Gasteiger partial charge in [0.1, 0.15) is 0 Å². The minimum atomic E-state index is -4.40. The summed E-state index contributed by atoms with van der Waals surface area (Å²) in [5, 5.41) is 22.0. The first-order chi connectivity index (χ1) is 13.9. The Bertz CT molecular complexity index is 896. The number of aliphatic hydroxyl groups excluding tert-OH is 1. The number of halogens is 3. The van der Waals surface area contributed by atoms with Gasteiger partial charge in [-0.1, -0.05) is 30.3 Å². The van der Waals surface area contributed by atoms with E-state index in [9.17, 15) is 18.3 Å². The zero-order valence-corrected chi connectivity index (χ0v) is 15.8. The Balaban J connectivity index is 1.58. The topological polar surface area (TPSA) is 75.9 Å². The molecule has 0 saturated carbocycles. The quantitative estimate of drug-likeness (QED) is 0.601. The molecule has 0 radical (unpaired) electrons. The second-order valence-electron chi connectivity index (χ2n) is 6.73. The second kappa shape index (κ2) is 9.15. The first-order valence-corrected chi connectivity index (χ1v) is 9.23. The highest BCUT2D eigenvalue weighted by Gasteiger charge is 2.30. The first-order valence-electron chi connectivity index (χ1n) is 9.23. The number of aromatic nitrogens is 4. The van der Waals surface area contributed by atoms with E-state index in [0.717, 1.165) is 17.7 Å². The number of benzene rings is 1. The molecule has 0 amide bonds. The van der Waals surface area contributed by atoms with Crippen LogP contribution >= 0.6 is 0 Å². The Hall–Kier alpha value is -2.78. The zero-order valence-electron chi connectivity index (χ0n) is 15.8. The van der Waals surface area contributed by atoms with Gasteiger partial charge < -0.3 is 10.4 Å². The highest BCUT2D eigenvalue weighted by Crippen LogP contribution is 2.30. The van der Waals surface area contributed by atoms with E-state index in [1.165, 1.54) is 12.1 Å². The van der Waals surface area contributed by atoms with Crippen molar-refractivity contribution in [3.63, 3.8) is 0 Å². The number of nitrogens with one attached hydrogen (secondary N) is 1. The molecule has 0 fully saturated rings. The maximum atomic E-state index is 12.7. The van der Waals surface area contributed by atoms with Crippen molar-refractivity contribution in [1.29, 1.82) is 0 Å². The third-order valence-electron chi connectivity index (χ3n) is 4.60. The van der Waals surface area contributed by atoms with E-state index >= 15 is 0 Å². The largest absolute Gasteiger partial charge is 0.416 e. The molecular formula is C20H22F3N5O. The van der Waals surface area contributed by atoms with Crippen LogP contribution in [0.2, 0.25) is 0 Å². The van der Waals surface area contributed by atoms with Crippen LogP contribution in [0.1, 0.15) is 41.8 Å². The lowest BCUT2D eigenvalue weighted by atomic mass is 9.99. The Morgan fingerprint density at radius 2 is 1.93 bits per heavy atom. The number of rotatable bonds is 8. The van der Waals surface area contributed by atoms with Crippen molar-refractivity contribution < 1.29 is 18.3 Å². The van der Waals surface area contributed by atoms with Crippen molar-refractivity contribution in [2.75, 3.05) is 0 Å². The standard InChI is InChI=1S/C20H22F3N5O/c1-2-18(19(29)15-5-7-16(8-6-15)20(21,22)23)25-11-17-13-28(27-26-17)12-14-4-3-9-24-10-14/h3-10,13,18-19,25,29H,2,11-12H2,1H3. The molecule has 1 aromatic carbocycles. The summed E-state index contributed by atoms with van der Waals surface area (Å²) in [4.78, 5) is 4.06. The number of hydrogen-bond acceptors (Lipinski definition) is 5. The molecule has 29 heavy (non-hydrogen) atoms. The summed E-state index contributed by atoms with van der Waals surface area (Å²) < 4.78 is 39.8. The molecular weight excluding hydrogens is 383 g/mol. The number of pyridine rings is 1. The van der Waals surface area contributed by atoms with Gasteiger partial charge in [-0.25, -0.2) is 4.68 Å². The third kappa shape index (κ3) is 5.61. The minimum absolute atomic E-state index is 0.338. The molecule has 2 aromatic heterocycles. The summed E-state index contributed by atoms with van der Waals surface area (Å²) in [5.41, 5.74) is 1.39. The van der Waals surface area contributed by atoms with Gasteiger partial charge in [-0.15, -0.1) is 5.10 Å². The van der Waals surface area contributed by atoms with Crippen LogP contribution in [0.15, 0.2) is 55.0 Å². The van der Waals surface area contributed by atoms with Gasteiger partial charge in [0.15, 0.2) is 0 Å². The molecule has 6 nitrogen and oxygen atoms in total. The average Bonchev–Trinajstić information content (AvgIpc) is 3.15. The lowest BCUT2D eigenvalue weighted by molar-refractivity contribution is -0.137. The lowest BCUT2D eigenvalue weighted by Crippen LogP contribution is -2.34. The highest BCUT2D eigenvalue weighted by atomic mass is 19.4. The fourth-order valence-corrected chi connectivity index (χ4v) is 2.99. The Morgan fingerprint density at radius 1 is 1.17 bits per heavy atom. The summed E-state index contributed by atoms with van der Waals surface area (Å²) in [5.74, 6) is 0. The molecule has 154 valence electrons. The van der Waals surface area contributed by atoms with Crippen LogP contribution in [-0.2, 0) is 19.3 Å². The molecule has 2 N–H and O–H groups in total. The first kappa shape index (κ1) is 20.9. The van der Waals surface area contributed by atoms with E-state index in [1.807, 2.05) is 19.1 Å². The van der Waals surface area contributed by atoms with Crippen molar-refractivity contribution >= 4 is 0 Å². The molecule has 0 aliphatic rings. The van der Waals surface area contributed by atoms with Gasteiger partial charge in [0.05, 0.1) is 30.1 Å². The van der Waals surface area contributed by atoms with Crippen LogP contribution in [0.3, 0.4) is 0 Å². The van der Waals surface area contributed by atoms with E-state index in [1.54, 1.807) is 23.3 Å². The minimum Gasteiger partial charge on any atom is -0.387 e. The maximum absolute atomic E-state index is 12.7. The second-order valence-corrected chi connectivity index (χ2v) is 6.73. The van der Waals surface area contributed by atoms with E-state index in [4.69, 9.17) is 0 Å². The van der Waals surface area contributed by atoms with E-state index < -0.39 is 17.8 Å². The van der Waals surface area contributed by atoms with Gasteiger partial charge in [-0.05, 0) is 35.7 Å². The normalized spacial score (nSPS) is 14.0. The average molecular weight is 405 g/mol. The SMILES string of the molecule is CCC(NCc1cn(Cc2cccnc2)nn1)C(O)c1ccc(C(F)(F)F)cc1. The van der Waals surface area contributed by atoms with Crippen LogP contribution in [-0.4, -0.2) is 31.1 Å². The Morgan fingerprint density at radius 3 is 2.55 bits per heavy atom. The van der Waals surface area contributed by atoms with Gasteiger partial charge >= 0.3 is 6.18 Å². The summed E-state index contributed by atoms with van der Waals surface area (Å²) in [6, 6.07) is 8.04. The summed E-state index contributed by atoms with van der Waals surface area (Å²) in [7, 11) is 0. The number of nitrogens with zero attached hydrogens (tertiary/aromatic N) is 4. The van der Waals surface area contributed by atoms with Gasteiger partial charge in [-0.3, -0.25) is 4.98 Å². The van der Waals surface area contributed by atoms with Crippen molar-refractivity contribution in [2.45, 2.75) is 44.8 Å². The Labute approximate surface area is 166 Å². The molecule has 2 atom stereocenters. The van der Waals surface area contributed by atoms with Crippen LogP contribution in [0.4, 0.5) is 13.2 Å². The van der Waals surface area contributed by atoms with E-state index in [0.29, 0.717) is 30.8 Å². The highest BCUT2D eigenvalue weighted by molar-refractivity contribution is 5.26. The molecule has 0 aliphatic heterocycles. The Kier molecular flexibility index (Phi) is 6.60. The molecule has 9 heteroatoms. The van der Waals surface area contributed by atoms with Gasteiger partial charge in [-0.2, -0.15) is 13.2 Å². The van der Waals surface area contributed by atoms with E-state index in [2.05, 4.69) is 20.6 Å². The van der Waals surface area contributed by atoms with Gasteiger partial charge in [0, 0.05) is 25.0 Å². The van der Waals surface area contributed by atoms with Crippen LogP contribution in [0.25, 0.3) is 0 Å². The third-order valence-corrected chi connectivity index (χ3v) is 4.60. The summed E-state index contributed by atoms with van der Waals surface area (Å²) in [6.07, 6.45) is 0.518. The van der Waals surface area contributed by atoms with Crippen LogP contribution < -0.4 is 5.32 Å². The molecule has 0 aliphatic carbocycles. The zero-order chi connectivity index (χ0) is 20.9. The fraction of sp³-hybridized carbons (Fsp3) is 0.350. The van der Waals surface area contributed by atoms with Crippen molar-refractivity contribution in [1.82, 2.24) is 25.3 Å². The number of alkyl halides is 3. The van der Waals surface area contributed by atoms with Crippen molar-refractivity contribution in [2.24, 2.45) is 0 Å². The maximum Gasteiger partial charge on any atom is 0.416 e. The predicted molar refractivity (Wildman–Crippen MR) is 101 cm³/mol. The van der Waals surface area contributed by atoms with Gasteiger partial charge in [0.25, 0.3) is 0 Å². The van der Waals surface area contributed by atoms with E-state index in [-0.39, 0.29) is 6.04 Å². The summed E-state index contributed by atoms with van der Waals surface area (Å²) in [6.45, 7) is 2.82. The monoisotopic (exact) mass is 405 g/mol. The molecule has 3 rings (SSSR count). The molecule has 0 spiro atoms. The lowest BCUT2D eigenvalue weighted by Gasteiger charge is -2.23. The van der Waals surface area contributed by atoms with Crippen LogP contribution in [0.5, 0.6) is 0 Å². The molecule has 0 saturated heterocycles. The number of aliphatic hydroxyl groups is 1. The number of hydrogen-bond donors (Lipinski definition) is 2. The van der Waals surface area contributed by atoms with Crippen LogP contribution in [0, 0.1) is 0 Å². The molecule has 0 bridgehead atoms. The fourth-order valence-electron chi connectivity index (χ4n) is 2.99. The molecule has 2 heterocycles. The van der Waals surface area contributed by atoms with Gasteiger partial charge in [0.2, 0.25) is 0 Å².